The number of nitrogens with two attached hydrogens (primary N) is 1. The van der Waals surface area contributed by atoms with Crippen LogP contribution in [0.4, 0.5) is 11.4 Å². The Kier molecular flexibility index (Phi) is 3.63. The highest BCUT2D eigenvalue weighted by Crippen LogP contribution is 2.30. The number of benzene rings is 2. The molecule has 1 heterocycles. The molecule has 0 fully saturated rings. The monoisotopic (exact) mass is 297 g/mol. The number of aromatic nitrogens is 1. The predicted octanol–water partition coefficient (Wildman–Crippen LogP) is 3.91. The van der Waals surface area contributed by atoms with Gasteiger partial charge in [0.25, 0.3) is 0 Å². The zero-order valence-electron chi connectivity index (χ0n) is 12.9. The fourth-order valence-corrected chi connectivity index (χ4v) is 2.29. The number of fused-ring (bicyclic) bond motifs is 1. The van der Waals surface area contributed by atoms with Crippen LogP contribution in [0.3, 0.4) is 0 Å². The van der Waals surface area contributed by atoms with Gasteiger partial charge in [0, 0.05) is 17.7 Å². The maximum Gasteiger partial charge on any atom is 0.227 e. The van der Waals surface area contributed by atoms with Gasteiger partial charge in [0.05, 0.1) is 18.5 Å². The first-order valence-corrected chi connectivity index (χ1v) is 7.18. The van der Waals surface area contributed by atoms with Crippen molar-refractivity contribution in [3.8, 4) is 17.2 Å². The fourth-order valence-electron chi connectivity index (χ4n) is 2.29. The Labute approximate surface area is 129 Å². The molecule has 3 N–H and O–H groups in total. The van der Waals surface area contributed by atoms with E-state index in [4.69, 9.17) is 14.9 Å². The average molecular weight is 297 g/mol. The molecule has 0 spiro atoms. The van der Waals surface area contributed by atoms with Gasteiger partial charge in [0.15, 0.2) is 5.58 Å². The smallest absolute Gasteiger partial charge is 0.227 e. The lowest BCUT2D eigenvalue weighted by Gasteiger charge is -2.12. The highest BCUT2D eigenvalue weighted by molar-refractivity contribution is 5.79. The number of ether oxygens (including phenoxy) is 1. The van der Waals surface area contributed by atoms with E-state index in [0.29, 0.717) is 23.2 Å². The van der Waals surface area contributed by atoms with E-state index in [9.17, 15) is 0 Å². The maximum absolute atomic E-state index is 6.09. The van der Waals surface area contributed by atoms with Crippen LogP contribution >= 0.6 is 0 Å². The first kappa shape index (κ1) is 14.3. The Bertz CT molecular complexity index is 809. The molecule has 0 aliphatic rings. The lowest BCUT2D eigenvalue weighted by Crippen LogP contribution is -2.11. The summed E-state index contributed by atoms with van der Waals surface area (Å²) in [5.41, 5.74) is 10.0. The molecular formula is C17H19N3O2. The Morgan fingerprint density at radius 1 is 1.18 bits per heavy atom. The topological polar surface area (TPSA) is 73.3 Å². The number of rotatable bonds is 4. The van der Waals surface area contributed by atoms with Crippen LogP contribution in [0, 0.1) is 0 Å². The summed E-state index contributed by atoms with van der Waals surface area (Å²) in [7, 11) is 1.62. The molecule has 114 valence electrons. The Balaban J connectivity index is 1.98. The van der Waals surface area contributed by atoms with E-state index in [0.717, 1.165) is 22.5 Å². The molecule has 1 aromatic heterocycles. The van der Waals surface area contributed by atoms with Crippen LogP contribution in [0.15, 0.2) is 40.8 Å². The Morgan fingerprint density at radius 2 is 2.00 bits per heavy atom. The predicted molar refractivity (Wildman–Crippen MR) is 89.2 cm³/mol. The number of nitrogens with one attached hydrogen (secondary N) is 1. The van der Waals surface area contributed by atoms with Gasteiger partial charge in [0.1, 0.15) is 11.3 Å². The summed E-state index contributed by atoms with van der Waals surface area (Å²) < 4.78 is 11.0. The van der Waals surface area contributed by atoms with E-state index in [1.54, 1.807) is 7.11 Å². The zero-order chi connectivity index (χ0) is 15.7. The molecule has 5 nitrogen and oxygen atoms in total. The highest BCUT2D eigenvalue weighted by Gasteiger charge is 2.11. The van der Waals surface area contributed by atoms with Gasteiger partial charge in [-0.1, -0.05) is 0 Å². The van der Waals surface area contributed by atoms with Crippen molar-refractivity contribution < 1.29 is 9.15 Å². The summed E-state index contributed by atoms with van der Waals surface area (Å²) in [4.78, 5) is 4.49. The Hall–Kier alpha value is -2.69. The molecule has 0 atom stereocenters. The van der Waals surface area contributed by atoms with Gasteiger partial charge in [0.2, 0.25) is 5.89 Å². The third-order valence-corrected chi connectivity index (χ3v) is 3.34. The fraction of sp³-hybridized carbons (Fsp3) is 0.235. The first-order chi connectivity index (χ1) is 10.6. The molecule has 3 aromatic rings. The average Bonchev–Trinajstić information content (AvgIpc) is 2.91. The van der Waals surface area contributed by atoms with Gasteiger partial charge >= 0.3 is 0 Å². The molecule has 0 aliphatic heterocycles. The van der Waals surface area contributed by atoms with Crippen molar-refractivity contribution in [3.63, 3.8) is 0 Å². The van der Waals surface area contributed by atoms with Crippen LogP contribution in [0.2, 0.25) is 0 Å². The number of anilines is 2. The SMILES string of the molecule is COc1ccc2nc(-c3ccc(NC(C)C)c(N)c3)oc2c1. The standard InChI is InChI=1S/C17H19N3O2/c1-10(2)19-14-6-4-11(8-13(14)18)17-20-15-7-5-12(21-3)9-16(15)22-17/h4-10,19H,18H2,1-3H3. The van der Waals surface area contributed by atoms with Gasteiger partial charge in [-0.3, -0.25) is 0 Å². The molecule has 0 amide bonds. The summed E-state index contributed by atoms with van der Waals surface area (Å²) in [5, 5.41) is 3.30. The molecule has 0 radical (unpaired) electrons. The lowest BCUT2D eigenvalue weighted by atomic mass is 10.1. The Morgan fingerprint density at radius 3 is 2.68 bits per heavy atom. The van der Waals surface area contributed by atoms with E-state index >= 15 is 0 Å². The number of hydrogen-bond acceptors (Lipinski definition) is 5. The van der Waals surface area contributed by atoms with Crippen LogP contribution in [0.5, 0.6) is 5.75 Å². The van der Waals surface area contributed by atoms with Gasteiger partial charge in [-0.05, 0) is 44.2 Å². The summed E-state index contributed by atoms with van der Waals surface area (Å²) in [5.74, 6) is 1.29. The second kappa shape index (κ2) is 5.60. The third-order valence-electron chi connectivity index (χ3n) is 3.34. The summed E-state index contributed by atoms with van der Waals surface area (Å²) in [6, 6.07) is 11.6. The normalized spacial score (nSPS) is 11.1. The van der Waals surface area contributed by atoms with Crippen molar-refractivity contribution in [2.45, 2.75) is 19.9 Å². The van der Waals surface area contributed by atoms with Gasteiger partial charge in [-0.15, -0.1) is 0 Å². The maximum atomic E-state index is 6.09. The van der Waals surface area contributed by atoms with E-state index in [2.05, 4.69) is 24.1 Å². The minimum Gasteiger partial charge on any atom is -0.497 e. The lowest BCUT2D eigenvalue weighted by molar-refractivity contribution is 0.414. The summed E-state index contributed by atoms with van der Waals surface area (Å²) >= 11 is 0. The number of nitrogens with zero attached hydrogens (tertiary/aromatic N) is 1. The molecule has 2 aromatic carbocycles. The molecule has 0 saturated heterocycles. The molecule has 22 heavy (non-hydrogen) atoms. The van der Waals surface area contributed by atoms with Gasteiger partial charge < -0.3 is 20.2 Å². The van der Waals surface area contributed by atoms with E-state index < -0.39 is 0 Å². The van der Waals surface area contributed by atoms with Crippen LogP contribution in [-0.2, 0) is 0 Å². The van der Waals surface area contributed by atoms with Crippen LogP contribution in [0.25, 0.3) is 22.6 Å². The van der Waals surface area contributed by atoms with Crippen LogP contribution in [0.1, 0.15) is 13.8 Å². The molecule has 0 unspecified atom stereocenters. The number of hydrogen-bond donors (Lipinski definition) is 2. The van der Waals surface area contributed by atoms with E-state index in [1.807, 2.05) is 36.4 Å². The van der Waals surface area contributed by atoms with Crippen molar-refractivity contribution >= 4 is 22.5 Å². The molecule has 0 aliphatic carbocycles. The van der Waals surface area contributed by atoms with Crippen molar-refractivity contribution in [1.82, 2.24) is 4.98 Å². The van der Waals surface area contributed by atoms with Gasteiger partial charge in [-0.2, -0.15) is 0 Å². The first-order valence-electron chi connectivity index (χ1n) is 7.18. The third kappa shape index (κ3) is 2.70. The quantitative estimate of drug-likeness (QED) is 0.714. The van der Waals surface area contributed by atoms with Crippen molar-refractivity contribution in [3.05, 3.63) is 36.4 Å². The van der Waals surface area contributed by atoms with Crippen molar-refractivity contribution in [1.29, 1.82) is 0 Å². The second-order valence-electron chi connectivity index (χ2n) is 5.45. The van der Waals surface area contributed by atoms with E-state index in [-0.39, 0.29) is 0 Å². The van der Waals surface area contributed by atoms with Gasteiger partial charge in [-0.25, -0.2) is 4.98 Å². The minimum atomic E-state index is 0.324. The van der Waals surface area contributed by atoms with Crippen molar-refractivity contribution in [2.24, 2.45) is 0 Å². The van der Waals surface area contributed by atoms with Crippen molar-refractivity contribution in [2.75, 3.05) is 18.2 Å². The van der Waals surface area contributed by atoms with E-state index in [1.165, 1.54) is 0 Å². The molecule has 3 rings (SSSR count). The number of nitrogen functional groups attached to an aromatic ring is 1. The molecule has 0 bridgehead atoms. The molecule has 0 saturated carbocycles. The van der Waals surface area contributed by atoms with Crippen LogP contribution < -0.4 is 15.8 Å². The molecule has 5 heteroatoms. The second-order valence-corrected chi connectivity index (χ2v) is 5.45. The highest BCUT2D eigenvalue weighted by atomic mass is 16.5. The number of methoxy groups -OCH3 is 1. The largest absolute Gasteiger partial charge is 0.497 e. The molecular weight excluding hydrogens is 278 g/mol. The minimum absolute atomic E-state index is 0.324. The number of oxazole rings is 1. The summed E-state index contributed by atoms with van der Waals surface area (Å²) in [6.07, 6.45) is 0. The summed E-state index contributed by atoms with van der Waals surface area (Å²) in [6.45, 7) is 4.14. The van der Waals surface area contributed by atoms with Crippen LogP contribution in [-0.4, -0.2) is 18.1 Å². The zero-order valence-corrected chi connectivity index (χ0v) is 12.9.